The highest BCUT2D eigenvalue weighted by Crippen LogP contribution is 2.32. The number of methoxy groups -OCH3 is 2. The molecular weight excluding hydrogens is 418 g/mol. The van der Waals surface area contributed by atoms with Crippen molar-refractivity contribution in [2.75, 3.05) is 33.9 Å². The van der Waals surface area contributed by atoms with Crippen molar-refractivity contribution in [3.63, 3.8) is 0 Å². The highest BCUT2D eigenvalue weighted by molar-refractivity contribution is 5.44. The van der Waals surface area contributed by atoms with Gasteiger partial charge in [-0.2, -0.15) is 5.10 Å². The summed E-state index contributed by atoms with van der Waals surface area (Å²) in [6, 6.07) is 17.5. The zero-order chi connectivity index (χ0) is 23.6. The highest BCUT2D eigenvalue weighted by Gasteiger charge is 2.22. The summed E-state index contributed by atoms with van der Waals surface area (Å²) in [5, 5.41) is 15.3. The smallest absolute Gasteiger partial charge is 0.227 e. The van der Waals surface area contributed by atoms with Gasteiger partial charge in [-0.25, -0.2) is 4.68 Å². The number of ether oxygens (including phenoxy) is 3. The quantitative estimate of drug-likeness (QED) is 0.408. The van der Waals surface area contributed by atoms with Crippen molar-refractivity contribution >= 4 is 0 Å². The second-order valence-corrected chi connectivity index (χ2v) is 8.06. The van der Waals surface area contributed by atoms with Crippen LogP contribution in [0.15, 0.2) is 54.6 Å². The molecule has 0 radical (unpaired) electrons. The number of nitrogens with zero attached hydrogens (tertiary/aromatic N) is 3. The summed E-state index contributed by atoms with van der Waals surface area (Å²) in [6.07, 6.45) is 1.32. The van der Waals surface area contributed by atoms with Gasteiger partial charge in [-0.05, 0) is 49.7 Å². The molecule has 1 N–H and O–H groups in total. The molecule has 3 aromatic rings. The Morgan fingerprint density at radius 3 is 2.36 bits per heavy atom. The molecule has 178 valence electrons. The van der Waals surface area contributed by atoms with Crippen LogP contribution in [0.2, 0.25) is 0 Å². The summed E-state index contributed by atoms with van der Waals surface area (Å²) < 4.78 is 18.8. The van der Waals surface area contributed by atoms with E-state index in [9.17, 15) is 5.11 Å². The van der Waals surface area contributed by atoms with E-state index in [0.717, 1.165) is 35.5 Å². The normalized spacial score (nSPS) is 12.2. The standard InChI is InChI=1S/C26H35N3O4/c1-5-9-22(30)18-28(16-17-31-3)19-25-20(2)27-29(21-10-7-6-8-11-21)26(25)33-24-14-12-23(32-4)13-15-24/h6-8,10-15,22,30H,5,9,16-19H2,1-4H3/t22-/m1/s1. The third-order valence-corrected chi connectivity index (χ3v) is 5.50. The monoisotopic (exact) mass is 453 g/mol. The molecular formula is C26H35N3O4. The van der Waals surface area contributed by atoms with Crippen molar-refractivity contribution in [3.8, 4) is 23.1 Å². The van der Waals surface area contributed by atoms with Crippen LogP contribution >= 0.6 is 0 Å². The van der Waals surface area contributed by atoms with E-state index in [1.807, 2.05) is 66.2 Å². The molecule has 0 aliphatic carbocycles. The molecule has 0 aliphatic heterocycles. The molecule has 3 rings (SSSR count). The van der Waals surface area contributed by atoms with Crippen molar-refractivity contribution in [2.24, 2.45) is 0 Å². The minimum absolute atomic E-state index is 0.387. The first-order valence-electron chi connectivity index (χ1n) is 11.4. The van der Waals surface area contributed by atoms with Crippen LogP contribution in [0.4, 0.5) is 0 Å². The van der Waals surface area contributed by atoms with Crippen LogP contribution in [0.1, 0.15) is 31.0 Å². The van der Waals surface area contributed by atoms with Gasteiger partial charge in [0.05, 0.1) is 36.8 Å². The van der Waals surface area contributed by atoms with E-state index in [1.165, 1.54) is 0 Å². The van der Waals surface area contributed by atoms with E-state index < -0.39 is 0 Å². The van der Waals surface area contributed by atoms with Gasteiger partial charge in [0.1, 0.15) is 11.5 Å². The fourth-order valence-electron chi connectivity index (χ4n) is 3.73. The summed E-state index contributed by atoms with van der Waals surface area (Å²) in [5.74, 6) is 2.13. The molecule has 0 bridgehead atoms. The van der Waals surface area contributed by atoms with Gasteiger partial charge in [-0.1, -0.05) is 31.5 Å². The summed E-state index contributed by atoms with van der Waals surface area (Å²) in [7, 11) is 3.33. The van der Waals surface area contributed by atoms with E-state index in [-0.39, 0.29) is 6.10 Å². The number of aromatic nitrogens is 2. The van der Waals surface area contributed by atoms with Gasteiger partial charge in [0, 0.05) is 26.7 Å². The Morgan fingerprint density at radius 1 is 1.03 bits per heavy atom. The molecule has 1 heterocycles. The van der Waals surface area contributed by atoms with Crippen molar-refractivity contribution in [3.05, 3.63) is 65.9 Å². The Bertz CT molecular complexity index is 973. The Hall–Kier alpha value is -2.87. The van der Waals surface area contributed by atoms with E-state index in [4.69, 9.17) is 19.3 Å². The number of aliphatic hydroxyl groups excluding tert-OH is 1. The summed E-state index contributed by atoms with van der Waals surface area (Å²) in [5.41, 5.74) is 2.79. The first kappa shape index (κ1) is 24.8. The van der Waals surface area contributed by atoms with Gasteiger partial charge < -0.3 is 19.3 Å². The molecule has 1 atom stereocenters. The number of rotatable bonds is 13. The second kappa shape index (κ2) is 12.4. The lowest BCUT2D eigenvalue weighted by Crippen LogP contribution is -2.34. The number of hydrogen-bond acceptors (Lipinski definition) is 6. The predicted molar refractivity (Wildman–Crippen MR) is 129 cm³/mol. The lowest BCUT2D eigenvalue weighted by atomic mass is 10.1. The molecule has 0 saturated carbocycles. The molecule has 0 spiro atoms. The molecule has 0 amide bonds. The zero-order valence-corrected chi connectivity index (χ0v) is 20.0. The van der Waals surface area contributed by atoms with Gasteiger partial charge >= 0.3 is 0 Å². The number of hydrogen-bond donors (Lipinski definition) is 1. The van der Waals surface area contributed by atoms with Gasteiger partial charge in [0.25, 0.3) is 0 Å². The molecule has 33 heavy (non-hydrogen) atoms. The van der Waals surface area contributed by atoms with Crippen LogP contribution < -0.4 is 9.47 Å². The molecule has 0 unspecified atom stereocenters. The van der Waals surface area contributed by atoms with Crippen LogP contribution in [0.3, 0.4) is 0 Å². The Balaban J connectivity index is 1.96. The molecule has 0 saturated heterocycles. The molecule has 0 fully saturated rings. The minimum atomic E-state index is -0.387. The number of aliphatic hydroxyl groups is 1. The third kappa shape index (κ3) is 6.81. The van der Waals surface area contributed by atoms with E-state index in [1.54, 1.807) is 14.2 Å². The van der Waals surface area contributed by atoms with Crippen molar-refractivity contribution in [1.82, 2.24) is 14.7 Å². The summed E-state index contributed by atoms with van der Waals surface area (Å²) in [4.78, 5) is 2.20. The SMILES string of the molecule is CCC[C@@H](O)CN(CCOC)Cc1c(C)nn(-c2ccccc2)c1Oc1ccc(OC)cc1. The molecule has 1 aromatic heterocycles. The second-order valence-electron chi connectivity index (χ2n) is 8.06. The van der Waals surface area contributed by atoms with Crippen molar-refractivity contribution in [1.29, 1.82) is 0 Å². The number of para-hydroxylation sites is 1. The third-order valence-electron chi connectivity index (χ3n) is 5.50. The Morgan fingerprint density at radius 2 is 1.73 bits per heavy atom. The van der Waals surface area contributed by atoms with Crippen LogP contribution in [0.25, 0.3) is 5.69 Å². The minimum Gasteiger partial charge on any atom is -0.497 e. The predicted octanol–water partition coefficient (Wildman–Crippen LogP) is 4.59. The maximum atomic E-state index is 10.5. The molecule has 7 heteroatoms. The topological polar surface area (TPSA) is 69.0 Å². The van der Waals surface area contributed by atoms with Crippen LogP contribution in [-0.4, -0.2) is 59.8 Å². The van der Waals surface area contributed by atoms with Crippen LogP contribution in [-0.2, 0) is 11.3 Å². The molecule has 2 aromatic carbocycles. The fourth-order valence-corrected chi connectivity index (χ4v) is 3.73. The molecule has 0 aliphatic rings. The largest absolute Gasteiger partial charge is 0.497 e. The summed E-state index contributed by atoms with van der Waals surface area (Å²) >= 11 is 0. The highest BCUT2D eigenvalue weighted by atomic mass is 16.5. The first-order valence-corrected chi connectivity index (χ1v) is 11.4. The lowest BCUT2D eigenvalue weighted by molar-refractivity contribution is 0.0795. The zero-order valence-electron chi connectivity index (χ0n) is 20.0. The molecule has 7 nitrogen and oxygen atoms in total. The lowest BCUT2D eigenvalue weighted by Gasteiger charge is -2.25. The number of aryl methyl sites for hydroxylation is 1. The maximum absolute atomic E-state index is 10.5. The maximum Gasteiger partial charge on any atom is 0.227 e. The van der Waals surface area contributed by atoms with Gasteiger partial charge in [0.15, 0.2) is 0 Å². The van der Waals surface area contributed by atoms with Crippen molar-refractivity contribution < 1.29 is 19.3 Å². The average Bonchev–Trinajstić information content (AvgIpc) is 3.13. The Labute approximate surface area is 196 Å². The van der Waals surface area contributed by atoms with Crippen LogP contribution in [0, 0.1) is 6.92 Å². The van der Waals surface area contributed by atoms with E-state index in [2.05, 4.69) is 11.8 Å². The van der Waals surface area contributed by atoms with Gasteiger partial charge in [-0.15, -0.1) is 0 Å². The van der Waals surface area contributed by atoms with Crippen LogP contribution in [0.5, 0.6) is 17.4 Å². The summed E-state index contributed by atoms with van der Waals surface area (Å²) in [6.45, 7) is 6.52. The number of benzene rings is 2. The van der Waals surface area contributed by atoms with E-state index >= 15 is 0 Å². The Kier molecular flexibility index (Phi) is 9.30. The van der Waals surface area contributed by atoms with Crippen molar-refractivity contribution in [2.45, 2.75) is 39.3 Å². The average molecular weight is 454 g/mol. The first-order chi connectivity index (χ1) is 16.0. The fraction of sp³-hybridized carbons (Fsp3) is 0.423. The van der Waals surface area contributed by atoms with E-state index in [0.29, 0.717) is 37.9 Å². The van der Waals surface area contributed by atoms with Gasteiger partial charge in [0.2, 0.25) is 5.88 Å². The van der Waals surface area contributed by atoms with Gasteiger partial charge in [-0.3, -0.25) is 4.90 Å².